The molecule has 0 saturated carbocycles. The van der Waals surface area contributed by atoms with Crippen molar-refractivity contribution in [2.24, 2.45) is 0 Å². The highest BCUT2D eigenvalue weighted by atomic mass is 16.5. The number of morpholine rings is 1. The quantitative estimate of drug-likeness (QED) is 0.861. The minimum atomic E-state index is -0.103. The lowest BCUT2D eigenvalue weighted by Crippen LogP contribution is -2.50. The number of hydrogen-bond acceptors (Lipinski definition) is 5. The minimum absolute atomic E-state index is 0.0754. The fraction of sp³-hybridized carbons (Fsp3) is 0.647. The normalized spacial score (nSPS) is 24.5. The number of fused-ring (bicyclic) bond motifs is 1. The third kappa shape index (κ3) is 4.00. The zero-order chi connectivity index (χ0) is 16.2. The van der Waals surface area contributed by atoms with E-state index in [9.17, 15) is 4.79 Å². The molecule has 0 radical (unpaired) electrons. The maximum Gasteiger partial charge on any atom is 0.255 e. The summed E-state index contributed by atoms with van der Waals surface area (Å²) in [6.07, 6.45) is 4.26. The van der Waals surface area contributed by atoms with Gasteiger partial charge in [0, 0.05) is 31.4 Å². The van der Waals surface area contributed by atoms with Gasteiger partial charge < -0.3 is 15.4 Å². The average molecular weight is 318 g/mol. The van der Waals surface area contributed by atoms with E-state index in [0.29, 0.717) is 24.0 Å². The number of rotatable bonds is 5. The van der Waals surface area contributed by atoms with E-state index in [0.717, 1.165) is 19.7 Å². The number of nitrogens with one attached hydrogen (secondary N) is 2. The molecule has 126 valence electrons. The number of anilines is 1. The SMILES string of the molecule is CC(C)Nc1ncccc1C(=O)NC[C@@H]1CN2CCC[C@H]2CO1. The van der Waals surface area contributed by atoms with E-state index in [2.05, 4.69) is 20.5 Å². The molecule has 1 amide bonds. The van der Waals surface area contributed by atoms with Gasteiger partial charge in [0.25, 0.3) is 5.91 Å². The van der Waals surface area contributed by atoms with Crippen molar-refractivity contribution in [3.05, 3.63) is 23.9 Å². The Labute approximate surface area is 137 Å². The molecule has 0 aromatic carbocycles. The number of hydrogen-bond donors (Lipinski definition) is 2. The smallest absolute Gasteiger partial charge is 0.255 e. The third-order valence-electron chi connectivity index (χ3n) is 4.43. The molecular formula is C17H26N4O2. The summed E-state index contributed by atoms with van der Waals surface area (Å²) in [5.41, 5.74) is 0.580. The first-order chi connectivity index (χ1) is 11.1. The van der Waals surface area contributed by atoms with Crippen LogP contribution in [0.3, 0.4) is 0 Å². The maximum absolute atomic E-state index is 12.5. The standard InChI is InChI=1S/C17H26N4O2/c1-12(2)20-16-15(6-3-7-18-16)17(22)19-9-14-10-21-8-4-5-13(21)11-23-14/h3,6-7,12-14H,4-5,8-11H2,1-2H3,(H,18,20)(H,19,22)/t13-,14+/m0/s1. The predicted octanol–water partition coefficient (Wildman–Crippen LogP) is 1.49. The molecule has 1 aromatic heterocycles. The Morgan fingerprint density at radius 3 is 3.22 bits per heavy atom. The first kappa shape index (κ1) is 16.2. The van der Waals surface area contributed by atoms with E-state index in [1.54, 1.807) is 18.3 Å². The molecule has 6 heteroatoms. The van der Waals surface area contributed by atoms with Crippen LogP contribution in [0.5, 0.6) is 0 Å². The number of carbonyl (C=O) groups excluding carboxylic acids is 1. The van der Waals surface area contributed by atoms with Gasteiger partial charge in [0.05, 0.1) is 18.3 Å². The molecule has 3 heterocycles. The van der Waals surface area contributed by atoms with Crippen molar-refractivity contribution in [3.63, 3.8) is 0 Å². The predicted molar refractivity (Wildman–Crippen MR) is 89.7 cm³/mol. The largest absolute Gasteiger partial charge is 0.373 e. The van der Waals surface area contributed by atoms with Gasteiger partial charge in [0.15, 0.2) is 0 Å². The third-order valence-corrected chi connectivity index (χ3v) is 4.43. The number of pyridine rings is 1. The van der Waals surface area contributed by atoms with E-state index in [4.69, 9.17) is 4.74 Å². The van der Waals surface area contributed by atoms with Gasteiger partial charge in [-0.2, -0.15) is 0 Å². The van der Waals surface area contributed by atoms with Crippen LogP contribution in [0.2, 0.25) is 0 Å². The summed E-state index contributed by atoms with van der Waals surface area (Å²) >= 11 is 0. The molecule has 0 aliphatic carbocycles. The summed E-state index contributed by atoms with van der Waals surface area (Å²) in [6, 6.07) is 4.39. The van der Waals surface area contributed by atoms with Gasteiger partial charge in [-0.25, -0.2) is 4.98 Å². The summed E-state index contributed by atoms with van der Waals surface area (Å²) in [7, 11) is 0. The molecule has 2 aliphatic heterocycles. The molecule has 2 saturated heterocycles. The van der Waals surface area contributed by atoms with E-state index >= 15 is 0 Å². The van der Waals surface area contributed by atoms with Gasteiger partial charge in [-0.1, -0.05) is 0 Å². The molecule has 0 spiro atoms. The van der Waals surface area contributed by atoms with Crippen molar-refractivity contribution in [1.29, 1.82) is 0 Å². The number of nitrogens with zero attached hydrogens (tertiary/aromatic N) is 2. The van der Waals surface area contributed by atoms with Gasteiger partial charge in [-0.3, -0.25) is 9.69 Å². The van der Waals surface area contributed by atoms with Crippen LogP contribution < -0.4 is 10.6 Å². The Morgan fingerprint density at radius 2 is 2.39 bits per heavy atom. The Balaban J connectivity index is 1.55. The monoisotopic (exact) mass is 318 g/mol. The van der Waals surface area contributed by atoms with Crippen LogP contribution in [0, 0.1) is 0 Å². The molecule has 2 aliphatic rings. The molecule has 2 atom stereocenters. The summed E-state index contributed by atoms with van der Waals surface area (Å²) in [6.45, 7) is 7.45. The van der Waals surface area contributed by atoms with E-state index in [1.807, 2.05) is 13.8 Å². The summed E-state index contributed by atoms with van der Waals surface area (Å²) in [4.78, 5) is 19.2. The Hall–Kier alpha value is -1.66. The lowest BCUT2D eigenvalue weighted by Gasteiger charge is -2.35. The van der Waals surface area contributed by atoms with Crippen molar-refractivity contribution in [3.8, 4) is 0 Å². The lowest BCUT2D eigenvalue weighted by atomic mass is 10.2. The molecular weight excluding hydrogens is 292 g/mol. The van der Waals surface area contributed by atoms with Gasteiger partial charge >= 0.3 is 0 Å². The van der Waals surface area contributed by atoms with E-state index in [1.165, 1.54) is 12.8 Å². The van der Waals surface area contributed by atoms with Gasteiger partial charge in [0.2, 0.25) is 0 Å². The van der Waals surface area contributed by atoms with Crippen LogP contribution in [-0.4, -0.2) is 60.2 Å². The summed E-state index contributed by atoms with van der Waals surface area (Å²) in [5.74, 6) is 0.526. The molecule has 0 bridgehead atoms. The average Bonchev–Trinajstić information content (AvgIpc) is 3.00. The van der Waals surface area contributed by atoms with Crippen molar-refractivity contribution < 1.29 is 9.53 Å². The molecule has 1 aromatic rings. The van der Waals surface area contributed by atoms with E-state index < -0.39 is 0 Å². The van der Waals surface area contributed by atoms with Crippen LogP contribution in [0.1, 0.15) is 37.0 Å². The minimum Gasteiger partial charge on any atom is -0.373 e. The van der Waals surface area contributed by atoms with Gasteiger partial charge in [-0.05, 0) is 45.4 Å². The topological polar surface area (TPSA) is 66.5 Å². The highest BCUT2D eigenvalue weighted by molar-refractivity contribution is 5.98. The molecule has 6 nitrogen and oxygen atoms in total. The molecule has 2 fully saturated rings. The molecule has 0 unspecified atom stereocenters. The Bertz CT molecular complexity index is 549. The van der Waals surface area contributed by atoms with Crippen LogP contribution in [0.25, 0.3) is 0 Å². The van der Waals surface area contributed by atoms with E-state index in [-0.39, 0.29) is 18.1 Å². The van der Waals surface area contributed by atoms with Crippen LogP contribution in [0.4, 0.5) is 5.82 Å². The molecule has 3 rings (SSSR count). The van der Waals surface area contributed by atoms with Crippen molar-refractivity contribution in [2.45, 2.75) is 44.9 Å². The van der Waals surface area contributed by atoms with Gasteiger partial charge in [0.1, 0.15) is 5.82 Å². The second-order valence-corrected chi connectivity index (χ2v) is 6.65. The number of ether oxygens (including phenoxy) is 1. The highest BCUT2D eigenvalue weighted by Gasteiger charge is 2.32. The zero-order valence-electron chi connectivity index (χ0n) is 13.9. The molecule has 23 heavy (non-hydrogen) atoms. The van der Waals surface area contributed by atoms with Crippen molar-refractivity contribution in [2.75, 3.05) is 31.6 Å². The second kappa shape index (κ2) is 7.27. The Morgan fingerprint density at radius 1 is 1.52 bits per heavy atom. The first-order valence-electron chi connectivity index (χ1n) is 8.49. The fourth-order valence-corrected chi connectivity index (χ4v) is 3.29. The van der Waals surface area contributed by atoms with Crippen LogP contribution >= 0.6 is 0 Å². The Kier molecular flexibility index (Phi) is 5.13. The fourth-order valence-electron chi connectivity index (χ4n) is 3.29. The number of amides is 1. The maximum atomic E-state index is 12.5. The second-order valence-electron chi connectivity index (χ2n) is 6.65. The zero-order valence-corrected chi connectivity index (χ0v) is 13.9. The van der Waals surface area contributed by atoms with Crippen molar-refractivity contribution >= 4 is 11.7 Å². The highest BCUT2D eigenvalue weighted by Crippen LogP contribution is 2.22. The summed E-state index contributed by atoms with van der Waals surface area (Å²) in [5, 5.41) is 6.20. The van der Waals surface area contributed by atoms with Crippen LogP contribution in [-0.2, 0) is 4.74 Å². The summed E-state index contributed by atoms with van der Waals surface area (Å²) < 4.78 is 5.89. The molecule has 2 N–H and O–H groups in total. The first-order valence-corrected chi connectivity index (χ1v) is 8.49. The van der Waals surface area contributed by atoms with Crippen LogP contribution in [0.15, 0.2) is 18.3 Å². The lowest BCUT2D eigenvalue weighted by molar-refractivity contribution is -0.0461. The van der Waals surface area contributed by atoms with Gasteiger partial charge in [-0.15, -0.1) is 0 Å². The van der Waals surface area contributed by atoms with Crippen molar-refractivity contribution in [1.82, 2.24) is 15.2 Å². The number of carbonyl (C=O) groups is 1. The number of aromatic nitrogens is 1.